The van der Waals surface area contributed by atoms with Crippen molar-refractivity contribution in [2.75, 3.05) is 23.0 Å². The number of allylic oxidation sites excluding steroid dienone is 2. The molecule has 8 nitrogen and oxygen atoms in total. The zero-order valence-corrected chi connectivity index (χ0v) is 21.0. The maximum atomic E-state index is 13.3. The molecule has 0 spiro atoms. The summed E-state index contributed by atoms with van der Waals surface area (Å²) in [7, 11) is 0. The van der Waals surface area contributed by atoms with Crippen molar-refractivity contribution in [2.45, 2.75) is 19.8 Å². The van der Waals surface area contributed by atoms with Gasteiger partial charge in [0.25, 0.3) is 0 Å². The Morgan fingerprint density at radius 2 is 1.42 bits per heavy atom. The zero-order valence-electron chi connectivity index (χ0n) is 21.0. The summed E-state index contributed by atoms with van der Waals surface area (Å²) in [6.45, 7) is 2.70. The third-order valence-corrected chi connectivity index (χ3v) is 8.89. The second-order valence-electron chi connectivity index (χ2n) is 10.9. The van der Waals surface area contributed by atoms with Crippen molar-refractivity contribution in [3.8, 4) is 11.5 Å². The van der Waals surface area contributed by atoms with Crippen molar-refractivity contribution in [3.63, 3.8) is 0 Å². The number of ether oxygens (including phenoxy) is 2. The van der Waals surface area contributed by atoms with Gasteiger partial charge in [0, 0.05) is 18.7 Å². The Bertz CT molecular complexity index is 1330. The predicted octanol–water partition coefficient (Wildman–Crippen LogP) is 3.60. The Kier molecular flexibility index (Phi) is 5.22. The van der Waals surface area contributed by atoms with E-state index in [1.54, 1.807) is 53.4 Å². The number of imide groups is 1. The van der Waals surface area contributed by atoms with Crippen LogP contribution in [0, 0.1) is 41.4 Å². The van der Waals surface area contributed by atoms with Crippen molar-refractivity contribution in [2.24, 2.45) is 41.4 Å². The summed E-state index contributed by atoms with van der Waals surface area (Å²) in [4.78, 5) is 55.0. The van der Waals surface area contributed by atoms with E-state index in [1.807, 2.05) is 6.92 Å². The van der Waals surface area contributed by atoms with Gasteiger partial charge in [0.2, 0.25) is 17.7 Å². The number of benzene rings is 2. The zero-order chi connectivity index (χ0) is 26.1. The smallest absolute Gasteiger partial charge is 0.316 e. The standard InChI is InChI=1S/C30H28N2O6/c1-2-37-19-7-3-17(4-8-19)31-15-16(13-25(31)33)30(36)38-20-9-5-18(6-10-20)32-28(34)26-21-11-12-22(24-14-23(21)24)27(26)29(32)35/h3-12,16,21-24,26-27H,2,13-15H2,1H3/t16-,21-,22-,23-,24+,26+,27+/m1/s1. The van der Waals surface area contributed by atoms with E-state index in [1.165, 1.54) is 4.90 Å². The lowest BCUT2D eigenvalue weighted by Gasteiger charge is -2.37. The number of hydrogen-bond acceptors (Lipinski definition) is 6. The largest absolute Gasteiger partial charge is 0.494 e. The third kappa shape index (κ3) is 3.50. The molecule has 3 amide bonds. The Balaban J connectivity index is 1.01. The molecule has 2 bridgehead atoms. The van der Waals surface area contributed by atoms with Gasteiger partial charge < -0.3 is 14.4 Å². The third-order valence-electron chi connectivity index (χ3n) is 8.89. The van der Waals surface area contributed by atoms with Crippen LogP contribution in [0.15, 0.2) is 60.7 Å². The van der Waals surface area contributed by atoms with Gasteiger partial charge in [-0.2, -0.15) is 0 Å². The number of carbonyl (C=O) groups excluding carboxylic acids is 4. The lowest BCUT2D eigenvalue weighted by Crippen LogP contribution is -2.40. The highest BCUT2D eigenvalue weighted by molar-refractivity contribution is 6.22. The lowest BCUT2D eigenvalue weighted by atomic mass is 9.63. The second-order valence-corrected chi connectivity index (χ2v) is 10.9. The SMILES string of the molecule is CCOc1ccc(N2C[C@H](C(=O)Oc3ccc(N4C(=O)[C@H]5[C@@H]6C=C[C@H]([C@@H]7C[C@H]67)[C@@H]5C4=O)cc3)CC2=O)cc1. The van der Waals surface area contributed by atoms with Gasteiger partial charge in [0.1, 0.15) is 11.5 Å². The minimum absolute atomic E-state index is 0.0715. The molecule has 0 aromatic heterocycles. The highest BCUT2D eigenvalue weighted by Gasteiger charge is 2.67. The first-order valence-electron chi connectivity index (χ1n) is 13.4. The van der Waals surface area contributed by atoms with Gasteiger partial charge in [0.15, 0.2) is 0 Å². The molecular weight excluding hydrogens is 484 g/mol. The van der Waals surface area contributed by atoms with Crippen molar-refractivity contribution >= 4 is 35.1 Å². The molecule has 6 aliphatic rings. The van der Waals surface area contributed by atoms with Crippen LogP contribution in [0.1, 0.15) is 19.8 Å². The van der Waals surface area contributed by atoms with Crippen LogP contribution in [-0.2, 0) is 19.2 Å². The Labute approximate surface area is 220 Å². The number of nitrogens with zero attached hydrogens (tertiary/aromatic N) is 2. The average molecular weight is 513 g/mol. The van der Waals surface area contributed by atoms with Gasteiger partial charge in [0.05, 0.1) is 30.0 Å². The first-order valence-corrected chi connectivity index (χ1v) is 13.4. The van der Waals surface area contributed by atoms with E-state index in [-0.39, 0.29) is 54.4 Å². The van der Waals surface area contributed by atoms with Crippen molar-refractivity contribution < 1.29 is 28.7 Å². The van der Waals surface area contributed by atoms with Gasteiger partial charge in [-0.3, -0.25) is 24.1 Å². The molecule has 8 rings (SSSR count). The van der Waals surface area contributed by atoms with Crippen LogP contribution >= 0.6 is 0 Å². The summed E-state index contributed by atoms with van der Waals surface area (Å²) < 4.78 is 11.0. The number of rotatable bonds is 6. The molecule has 194 valence electrons. The van der Waals surface area contributed by atoms with Crippen LogP contribution in [0.2, 0.25) is 0 Å². The summed E-state index contributed by atoms with van der Waals surface area (Å²) in [5, 5.41) is 0. The predicted molar refractivity (Wildman–Crippen MR) is 137 cm³/mol. The maximum Gasteiger partial charge on any atom is 0.316 e. The summed E-state index contributed by atoms with van der Waals surface area (Å²) in [5.74, 6) is 0.532. The molecule has 38 heavy (non-hydrogen) atoms. The van der Waals surface area contributed by atoms with E-state index in [0.29, 0.717) is 35.6 Å². The topological polar surface area (TPSA) is 93.2 Å². The molecule has 2 aliphatic heterocycles. The Morgan fingerprint density at radius 1 is 0.842 bits per heavy atom. The molecule has 8 heteroatoms. The minimum atomic E-state index is -0.590. The van der Waals surface area contributed by atoms with E-state index in [4.69, 9.17) is 9.47 Å². The van der Waals surface area contributed by atoms with Crippen LogP contribution < -0.4 is 19.3 Å². The van der Waals surface area contributed by atoms with Gasteiger partial charge in [-0.05, 0) is 85.5 Å². The normalized spacial score (nSPS) is 32.4. The van der Waals surface area contributed by atoms with Crippen LogP contribution in [-0.4, -0.2) is 36.8 Å². The van der Waals surface area contributed by atoms with Crippen molar-refractivity contribution in [1.29, 1.82) is 0 Å². The highest BCUT2D eigenvalue weighted by atomic mass is 16.5. The number of amides is 3. The number of esters is 1. The van der Waals surface area contributed by atoms with E-state index in [2.05, 4.69) is 12.2 Å². The maximum absolute atomic E-state index is 13.3. The van der Waals surface area contributed by atoms with Gasteiger partial charge in [-0.25, -0.2) is 0 Å². The van der Waals surface area contributed by atoms with Gasteiger partial charge >= 0.3 is 5.97 Å². The molecule has 2 saturated carbocycles. The molecule has 2 aromatic rings. The number of carbonyl (C=O) groups is 4. The molecule has 2 aromatic carbocycles. The fourth-order valence-corrected chi connectivity index (χ4v) is 7.08. The molecule has 0 unspecified atom stereocenters. The lowest BCUT2D eigenvalue weighted by molar-refractivity contribution is -0.139. The fourth-order valence-electron chi connectivity index (χ4n) is 7.08. The van der Waals surface area contributed by atoms with E-state index < -0.39 is 11.9 Å². The van der Waals surface area contributed by atoms with Gasteiger partial charge in [-0.15, -0.1) is 0 Å². The fraction of sp³-hybridized carbons (Fsp3) is 0.400. The summed E-state index contributed by atoms with van der Waals surface area (Å²) in [5.41, 5.74) is 1.21. The van der Waals surface area contributed by atoms with Crippen LogP contribution in [0.3, 0.4) is 0 Å². The van der Waals surface area contributed by atoms with Crippen LogP contribution in [0.25, 0.3) is 0 Å². The first kappa shape index (κ1) is 23.2. The average Bonchev–Trinajstić information content (AvgIpc) is 3.60. The molecule has 0 N–H and O–H groups in total. The molecule has 7 atom stereocenters. The summed E-state index contributed by atoms with van der Waals surface area (Å²) in [6.07, 6.45) is 5.51. The van der Waals surface area contributed by atoms with Crippen LogP contribution in [0.4, 0.5) is 11.4 Å². The Hall–Kier alpha value is -3.94. The summed E-state index contributed by atoms with van der Waals surface area (Å²) >= 11 is 0. The summed E-state index contributed by atoms with van der Waals surface area (Å²) in [6, 6.07) is 13.7. The molecule has 0 radical (unpaired) electrons. The second kappa shape index (κ2) is 8.55. The van der Waals surface area contributed by atoms with Gasteiger partial charge in [-0.1, -0.05) is 12.2 Å². The van der Waals surface area contributed by atoms with E-state index >= 15 is 0 Å². The molecule has 4 fully saturated rings. The Morgan fingerprint density at radius 3 is 2.03 bits per heavy atom. The van der Waals surface area contributed by atoms with Crippen molar-refractivity contribution in [3.05, 3.63) is 60.7 Å². The molecule has 2 heterocycles. The quantitative estimate of drug-likeness (QED) is 0.254. The number of hydrogen-bond donors (Lipinski definition) is 0. The molecular formula is C30H28N2O6. The molecule has 4 aliphatic carbocycles. The minimum Gasteiger partial charge on any atom is -0.494 e. The van der Waals surface area contributed by atoms with E-state index in [0.717, 1.165) is 12.2 Å². The molecule has 2 saturated heterocycles. The first-order chi connectivity index (χ1) is 18.4. The highest BCUT2D eigenvalue weighted by Crippen LogP contribution is 2.65. The van der Waals surface area contributed by atoms with E-state index in [9.17, 15) is 19.2 Å². The van der Waals surface area contributed by atoms with Crippen molar-refractivity contribution in [1.82, 2.24) is 0 Å². The monoisotopic (exact) mass is 512 g/mol. The van der Waals surface area contributed by atoms with Crippen LogP contribution in [0.5, 0.6) is 11.5 Å². The number of anilines is 2.